The predicted octanol–water partition coefficient (Wildman–Crippen LogP) is 3.61. The van der Waals surface area contributed by atoms with E-state index in [1.807, 2.05) is 0 Å². The highest BCUT2D eigenvalue weighted by Gasteiger charge is 2.01. The van der Waals surface area contributed by atoms with Crippen LogP contribution in [0.25, 0.3) is 0 Å². The van der Waals surface area contributed by atoms with E-state index in [2.05, 4.69) is 12.2 Å². The fourth-order valence-electron chi connectivity index (χ4n) is 1.91. The largest absolute Gasteiger partial charge is 0.349 e. The lowest BCUT2D eigenvalue weighted by Crippen LogP contribution is -2.27. The van der Waals surface area contributed by atoms with E-state index in [0.29, 0.717) is 6.42 Å². The molecule has 0 aromatic heterocycles. The Labute approximate surface area is 112 Å². The summed E-state index contributed by atoms with van der Waals surface area (Å²) in [7, 11) is 0. The van der Waals surface area contributed by atoms with Crippen LogP contribution in [0, 0.1) is 0 Å². The fraction of sp³-hybridized carbons (Fsp3) is 0.867. The Morgan fingerprint density at radius 2 is 1.33 bits per heavy atom. The molecular formula is C15H29NO2. The number of nitrogens with one attached hydrogen (secondary N) is 1. The molecule has 0 aromatic carbocycles. The lowest BCUT2D eigenvalue weighted by Gasteiger charge is -2.03. The summed E-state index contributed by atoms with van der Waals surface area (Å²) < 4.78 is 0. The number of carbonyl (C=O) groups excluding carboxylic acids is 2. The number of Topliss-reactive ketones (excluding diaryl/α,β-unsaturated/α-hetero) is 1. The number of rotatable bonds is 12. The standard InChI is InChI=1S/C15H29NO2/c1-3-4-5-6-7-8-9-10-11-12-15(18)16-13-14(2)17/h3-13H2,1-2H3,(H,16,18). The van der Waals surface area contributed by atoms with E-state index in [1.54, 1.807) is 0 Å². The van der Waals surface area contributed by atoms with Crippen molar-refractivity contribution in [2.45, 2.75) is 78.1 Å². The van der Waals surface area contributed by atoms with Gasteiger partial charge in [-0.1, -0.05) is 58.3 Å². The molecular weight excluding hydrogens is 226 g/mol. The minimum absolute atomic E-state index is 0.00754. The first-order valence-corrected chi connectivity index (χ1v) is 7.43. The van der Waals surface area contributed by atoms with Gasteiger partial charge in [-0.3, -0.25) is 9.59 Å². The Kier molecular flexibility index (Phi) is 12.0. The van der Waals surface area contributed by atoms with Gasteiger partial charge in [0, 0.05) is 6.42 Å². The quantitative estimate of drug-likeness (QED) is 0.541. The zero-order chi connectivity index (χ0) is 13.6. The predicted molar refractivity (Wildman–Crippen MR) is 75.5 cm³/mol. The third-order valence-corrected chi connectivity index (χ3v) is 3.04. The topological polar surface area (TPSA) is 46.2 Å². The summed E-state index contributed by atoms with van der Waals surface area (Å²) in [6.45, 7) is 3.90. The van der Waals surface area contributed by atoms with Crippen LogP contribution in [0.15, 0.2) is 0 Å². The Morgan fingerprint density at radius 1 is 0.833 bits per heavy atom. The molecule has 106 valence electrons. The van der Waals surface area contributed by atoms with Crippen molar-refractivity contribution >= 4 is 11.7 Å². The van der Waals surface area contributed by atoms with Crippen LogP contribution in [-0.4, -0.2) is 18.2 Å². The molecule has 0 rings (SSSR count). The van der Waals surface area contributed by atoms with Gasteiger partial charge in [0.15, 0.2) is 0 Å². The number of hydrogen-bond donors (Lipinski definition) is 1. The van der Waals surface area contributed by atoms with Crippen molar-refractivity contribution in [1.29, 1.82) is 0 Å². The molecule has 0 saturated carbocycles. The van der Waals surface area contributed by atoms with Crippen molar-refractivity contribution in [2.75, 3.05) is 6.54 Å². The zero-order valence-electron chi connectivity index (χ0n) is 12.1. The second-order valence-electron chi connectivity index (χ2n) is 5.06. The van der Waals surface area contributed by atoms with Gasteiger partial charge in [-0.2, -0.15) is 0 Å². The van der Waals surface area contributed by atoms with E-state index < -0.39 is 0 Å². The Bertz CT molecular complexity index is 227. The van der Waals surface area contributed by atoms with Crippen molar-refractivity contribution in [3.8, 4) is 0 Å². The molecule has 0 heterocycles. The van der Waals surface area contributed by atoms with Crippen molar-refractivity contribution in [2.24, 2.45) is 0 Å². The van der Waals surface area contributed by atoms with Crippen LogP contribution in [0.2, 0.25) is 0 Å². The summed E-state index contributed by atoms with van der Waals surface area (Å²) in [5, 5.41) is 2.62. The lowest BCUT2D eigenvalue weighted by molar-refractivity contribution is -0.124. The maximum absolute atomic E-state index is 11.3. The average molecular weight is 255 g/mol. The van der Waals surface area contributed by atoms with Crippen LogP contribution < -0.4 is 5.32 Å². The third-order valence-electron chi connectivity index (χ3n) is 3.04. The molecule has 0 aliphatic rings. The van der Waals surface area contributed by atoms with Gasteiger partial charge in [0.2, 0.25) is 5.91 Å². The molecule has 0 bridgehead atoms. The third kappa shape index (κ3) is 13.2. The van der Waals surface area contributed by atoms with Crippen LogP contribution in [0.1, 0.15) is 78.1 Å². The van der Waals surface area contributed by atoms with Gasteiger partial charge < -0.3 is 5.32 Å². The van der Waals surface area contributed by atoms with Crippen LogP contribution in [0.3, 0.4) is 0 Å². The first-order chi connectivity index (χ1) is 8.66. The Morgan fingerprint density at radius 3 is 1.83 bits per heavy atom. The van der Waals surface area contributed by atoms with Gasteiger partial charge in [-0.25, -0.2) is 0 Å². The Hall–Kier alpha value is -0.860. The second-order valence-corrected chi connectivity index (χ2v) is 5.06. The van der Waals surface area contributed by atoms with Crippen molar-refractivity contribution in [1.82, 2.24) is 5.32 Å². The number of hydrogen-bond acceptors (Lipinski definition) is 2. The Balaban J connectivity index is 3.15. The molecule has 3 heteroatoms. The van der Waals surface area contributed by atoms with Gasteiger partial charge in [0.1, 0.15) is 5.78 Å². The molecule has 18 heavy (non-hydrogen) atoms. The van der Waals surface area contributed by atoms with E-state index in [9.17, 15) is 9.59 Å². The van der Waals surface area contributed by atoms with E-state index >= 15 is 0 Å². The molecule has 0 saturated heterocycles. The molecule has 3 nitrogen and oxygen atoms in total. The van der Waals surface area contributed by atoms with E-state index in [4.69, 9.17) is 0 Å². The van der Waals surface area contributed by atoms with Gasteiger partial charge in [-0.15, -0.1) is 0 Å². The van der Waals surface area contributed by atoms with Gasteiger partial charge in [0.25, 0.3) is 0 Å². The van der Waals surface area contributed by atoms with Gasteiger partial charge in [-0.05, 0) is 13.3 Å². The first-order valence-electron chi connectivity index (χ1n) is 7.43. The maximum Gasteiger partial charge on any atom is 0.220 e. The monoisotopic (exact) mass is 255 g/mol. The molecule has 0 atom stereocenters. The van der Waals surface area contributed by atoms with Crippen LogP contribution in [0.5, 0.6) is 0 Å². The number of carbonyl (C=O) groups is 2. The van der Waals surface area contributed by atoms with Gasteiger partial charge in [0.05, 0.1) is 6.54 Å². The highest BCUT2D eigenvalue weighted by atomic mass is 16.2. The van der Waals surface area contributed by atoms with E-state index in [0.717, 1.165) is 12.8 Å². The molecule has 0 spiro atoms. The summed E-state index contributed by atoms with van der Waals surface area (Å²) in [6.07, 6.45) is 11.9. The summed E-state index contributed by atoms with van der Waals surface area (Å²) in [5.74, 6) is 0.0172. The lowest BCUT2D eigenvalue weighted by atomic mass is 10.1. The maximum atomic E-state index is 11.3. The molecule has 0 radical (unpaired) electrons. The number of ketones is 1. The highest BCUT2D eigenvalue weighted by molar-refractivity contribution is 5.84. The van der Waals surface area contributed by atoms with Crippen molar-refractivity contribution in [3.05, 3.63) is 0 Å². The normalized spacial score (nSPS) is 10.3. The molecule has 0 aliphatic carbocycles. The fourth-order valence-corrected chi connectivity index (χ4v) is 1.91. The summed E-state index contributed by atoms with van der Waals surface area (Å²) in [4.78, 5) is 21.9. The number of amides is 1. The molecule has 0 unspecified atom stereocenters. The molecule has 0 aromatic rings. The van der Waals surface area contributed by atoms with Crippen LogP contribution >= 0.6 is 0 Å². The smallest absolute Gasteiger partial charge is 0.220 e. The van der Waals surface area contributed by atoms with Crippen LogP contribution in [0.4, 0.5) is 0 Å². The molecule has 1 amide bonds. The molecule has 0 fully saturated rings. The SMILES string of the molecule is CCCCCCCCCCCC(=O)NCC(C)=O. The number of unbranched alkanes of at least 4 members (excludes halogenated alkanes) is 8. The molecule has 1 N–H and O–H groups in total. The van der Waals surface area contributed by atoms with Crippen molar-refractivity contribution < 1.29 is 9.59 Å². The van der Waals surface area contributed by atoms with E-state index in [1.165, 1.54) is 51.9 Å². The second kappa shape index (κ2) is 12.6. The van der Waals surface area contributed by atoms with Crippen LogP contribution in [-0.2, 0) is 9.59 Å². The first kappa shape index (κ1) is 17.1. The van der Waals surface area contributed by atoms with E-state index in [-0.39, 0.29) is 18.2 Å². The minimum atomic E-state index is 0.00754. The summed E-state index contributed by atoms with van der Waals surface area (Å²) in [6, 6.07) is 0. The minimum Gasteiger partial charge on any atom is -0.349 e. The summed E-state index contributed by atoms with van der Waals surface area (Å²) in [5.41, 5.74) is 0. The molecule has 0 aliphatic heterocycles. The highest BCUT2D eigenvalue weighted by Crippen LogP contribution is 2.10. The average Bonchev–Trinajstić information content (AvgIpc) is 2.34. The zero-order valence-corrected chi connectivity index (χ0v) is 12.1. The van der Waals surface area contributed by atoms with Crippen molar-refractivity contribution in [3.63, 3.8) is 0 Å². The van der Waals surface area contributed by atoms with Gasteiger partial charge >= 0.3 is 0 Å². The summed E-state index contributed by atoms with van der Waals surface area (Å²) >= 11 is 0.